The van der Waals surface area contributed by atoms with Gasteiger partial charge in [0, 0.05) is 12.6 Å². The quantitative estimate of drug-likeness (QED) is 0.524. The van der Waals surface area contributed by atoms with Crippen molar-refractivity contribution >= 4 is 27.3 Å². The molecule has 3 aromatic rings. The molecule has 0 aliphatic rings. The molecule has 9 heteroatoms. The summed E-state index contributed by atoms with van der Waals surface area (Å²) in [7, 11) is -2.41. The largest absolute Gasteiger partial charge is 0.444 e. The van der Waals surface area contributed by atoms with E-state index in [1.165, 1.54) is 42.3 Å². The number of aromatic nitrogens is 1. The van der Waals surface area contributed by atoms with E-state index in [-0.39, 0.29) is 26.9 Å². The molecule has 0 radical (unpaired) electrons. The van der Waals surface area contributed by atoms with Gasteiger partial charge in [-0.1, -0.05) is 30.3 Å². The fourth-order valence-corrected chi connectivity index (χ4v) is 5.75. The number of thiazole rings is 1. The number of carbonyl (C=O) groups is 1. The predicted octanol–water partition coefficient (Wildman–Crippen LogP) is 5.15. The summed E-state index contributed by atoms with van der Waals surface area (Å²) in [5, 5.41) is 0.348. The van der Waals surface area contributed by atoms with Crippen LogP contribution < -0.4 is 0 Å². The van der Waals surface area contributed by atoms with E-state index in [0.717, 1.165) is 11.3 Å². The number of ether oxygens (including phenoxy) is 1. The van der Waals surface area contributed by atoms with Crippen LogP contribution in [0.25, 0.3) is 11.3 Å². The maximum atomic E-state index is 14.5. The molecule has 1 aromatic heterocycles. The number of benzene rings is 2. The lowest BCUT2D eigenvalue weighted by Crippen LogP contribution is -2.33. The predicted molar refractivity (Wildman–Crippen MR) is 117 cm³/mol. The van der Waals surface area contributed by atoms with Crippen molar-refractivity contribution in [3.8, 4) is 11.3 Å². The number of nitrogens with zero attached hydrogens (tertiary/aromatic N) is 2. The van der Waals surface area contributed by atoms with Gasteiger partial charge in [0.05, 0.1) is 11.4 Å². The fraction of sp³-hybridized carbons (Fsp3) is 0.273. The van der Waals surface area contributed by atoms with Gasteiger partial charge in [-0.25, -0.2) is 22.6 Å². The second kappa shape index (κ2) is 8.76. The van der Waals surface area contributed by atoms with Gasteiger partial charge >= 0.3 is 6.09 Å². The van der Waals surface area contributed by atoms with Crippen LogP contribution >= 0.6 is 11.3 Å². The molecule has 0 atom stereocenters. The van der Waals surface area contributed by atoms with E-state index in [4.69, 9.17) is 4.74 Å². The molecule has 0 spiro atoms. The Morgan fingerprint density at radius 3 is 2.32 bits per heavy atom. The molecule has 31 heavy (non-hydrogen) atoms. The maximum absolute atomic E-state index is 14.5. The van der Waals surface area contributed by atoms with E-state index in [0.29, 0.717) is 5.01 Å². The van der Waals surface area contributed by atoms with E-state index in [2.05, 4.69) is 4.98 Å². The molecule has 3 rings (SSSR count). The summed E-state index contributed by atoms with van der Waals surface area (Å²) in [6.45, 7) is 5.28. The second-order valence-electron chi connectivity index (χ2n) is 7.88. The SMILES string of the molecule is CN(Cc1nc(-c2ccccc2F)c(S(=O)(=O)c2ccccc2)s1)C(=O)OC(C)(C)C. The molecule has 0 saturated heterocycles. The van der Waals surface area contributed by atoms with E-state index in [1.54, 1.807) is 45.0 Å². The Morgan fingerprint density at radius 2 is 1.71 bits per heavy atom. The summed E-state index contributed by atoms with van der Waals surface area (Å²) < 4.78 is 46.4. The first-order valence-electron chi connectivity index (χ1n) is 9.48. The summed E-state index contributed by atoms with van der Waals surface area (Å²) in [5.41, 5.74) is -0.562. The highest BCUT2D eigenvalue weighted by Gasteiger charge is 2.29. The first-order valence-corrected chi connectivity index (χ1v) is 11.8. The molecule has 1 heterocycles. The van der Waals surface area contributed by atoms with Gasteiger partial charge in [-0.15, -0.1) is 11.3 Å². The average molecular weight is 463 g/mol. The Labute approximate surface area is 185 Å². The molecule has 0 bridgehead atoms. The van der Waals surface area contributed by atoms with Crippen molar-refractivity contribution < 1.29 is 22.3 Å². The molecule has 0 saturated carbocycles. The minimum Gasteiger partial charge on any atom is -0.444 e. The zero-order valence-corrected chi connectivity index (χ0v) is 19.3. The number of rotatable bonds is 5. The van der Waals surface area contributed by atoms with Gasteiger partial charge in [-0.05, 0) is 45.0 Å². The summed E-state index contributed by atoms with van der Waals surface area (Å²) in [6, 6.07) is 13.8. The number of carbonyl (C=O) groups excluding carboxylic acids is 1. The molecule has 1 amide bonds. The van der Waals surface area contributed by atoms with Gasteiger partial charge in [-0.2, -0.15) is 0 Å². The van der Waals surface area contributed by atoms with Crippen molar-refractivity contribution in [2.75, 3.05) is 7.05 Å². The number of sulfone groups is 1. The van der Waals surface area contributed by atoms with Crippen molar-refractivity contribution in [3.05, 3.63) is 65.4 Å². The van der Waals surface area contributed by atoms with Gasteiger partial charge in [0.2, 0.25) is 9.84 Å². The van der Waals surface area contributed by atoms with E-state index in [1.807, 2.05) is 0 Å². The van der Waals surface area contributed by atoms with E-state index < -0.39 is 27.3 Å². The zero-order valence-electron chi connectivity index (χ0n) is 17.6. The van der Waals surface area contributed by atoms with Crippen LogP contribution in [0.1, 0.15) is 25.8 Å². The van der Waals surface area contributed by atoms with Crippen molar-refractivity contribution in [2.24, 2.45) is 0 Å². The molecule has 6 nitrogen and oxygen atoms in total. The molecule has 0 N–H and O–H groups in total. The summed E-state index contributed by atoms with van der Waals surface area (Å²) >= 11 is 0.913. The minimum absolute atomic E-state index is 0.0192. The molecule has 0 fully saturated rings. The number of hydrogen-bond donors (Lipinski definition) is 0. The summed E-state index contributed by atoms with van der Waals surface area (Å²) in [5.74, 6) is -0.579. The number of amides is 1. The Hall–Kier alpha value is -2.78. The highest BCUT2D eigenvalue weighted by Crippen LogP contribution is 2.37. The molecule has 0 aliphatic heterocycles. The van der Waals surface area contributed by atoms with E-state index in [9.17, 15) is 17.6 Å². The molecule has 0 unspecified atom stereocenters. The fourth-order valence-electron chi connectivity index (χ4n) is 2.74. The van der Waals surface area contributed by atoms with Crippen LogP contribution in [0, 0.1) is 5.82 Å². The topological polar surface area (TPSA) is 76.6 Å². The normalized spacial score (nSPS) is 11.9. The standard InChI is InChI=1S/C22H23FN2O4S2/c1-22(2,3)29-21(26)25(4)14-18-24-19(16-12-8-9-13-17(16)23)20(30-18)31(27,28)15-10-6-5-7-11-15/h5-13H,14H2,1-4H3. The Morgan fingerprint density at radius 1 is 1.10 bits per heavy atom. The van der Waals surface area contributed by atoms with Gasteiger partial charge in [0.1, 0.15) is 22.1 Å². The Bertz CT molecular complexity index is 1190. The van der Waals surface area contributed by atoms with Gasteiger partial charge in [0.15, 0.2) is 4.21 Å². The first kappa shape index (κ1) is 22.9. The number of halogens is 1. The number of hydrogen-bond acceptors (Lipinski definition) is 6. The third-order valence-electron chi connectivity index (χ3n) is 4.14. The second-order valence-corrected chi connectivity index (χ2v) is 11.1. The maximum Gasteiger partial charge on any atom is 0.410 e. The Balaban J connectivity index is 2.05. The third kappa shape index (κ3) is 5.29. The van der Waals surface area contributed by atoms with Crippen LogP contribution in [-0.2, 0) is 21.1 Å². The zero-order chi connectivity index (χ0) is 22.8. The monoisotopic (exact) mass is 462 g/mol. The van der Waals surface area contributed by atoms with Crippen LogP contribution in [0.3, 0.4) is 0 Å². The summed E-state index contributed by atoms with van der Waals surface area (Å²) in [4.78, 5) is 18.1. The summed E-state index contributed by atoms with van der Waals surface area (Å²) in [6.07, 6.45) is -0.567. The van der Waals surface area contributed by atoms with E-state index >= 15 is 0 Å². The van der Waals surface area contributed by atoms with Crippen molar-refractivity contribution in [2.45, 2.75) is 42.0 Å². The third-order valence-corrected chi connectivity index (χ3v) is 7.46. The highest BCUT2D eigenvalue weighted by molar-refractivity contribution is 7.93. The molecular formula is C22H23FN2O4S2. The van der Waals surface area contributed by atoms with Gasteiger partial charge in [-0.3, -0.25) is 0 Å². The molecule has 0 aliphatic carbocycles. The average Bonchev–Trinajstić information content (AvgIpc) is 3.12. The molecule has 164 valence electrons. The Kier molecular flexibility index (Phi) is 6.47. The van der Waals surface area contributed by atoms with Crippen LogP contribution in [0.5, 0.6) is 0 Å². The molecule has 2 aromatic carbocycles. The molecular weight excluding hydrogens is 439 g/mol. The van der Waals surface area contributed by atoms with Crippen molar-refractivity contribution in [1.82, 2.24) is 9.88 Å². The van der Waals surface area contributed by atoms with Gasteiger partial charge < -0.3 is 9.64 Å². The lowest BCUT2D eigenvalue weighted by atomic mass is 10.1. The first-order chi connectivity index (χ1) is 14.5. The lowest BCUT2D eigenvalue weighted by molar-refractivity contribution is 0.0285. The van der Waals surface area contributed by atoms with Crippen LogP contribution in [0.4, 0.5) is 9.18 Å². The minimum atomic E-state index is -3.94. The lowest BCUT2D eigenvalue weighted by Gasteiger charge is -2.24. The van der Waals surface area contributed by atoms with Crippen molar-refractivity contribution in [3.63, 3.8) is 0 Å². The smallest absolute Gasteiger partial charge is 0.410 e. The van der Waals surface area contributed by atoms with Crippen LogP contribution in [0.2, 0.25) is 0 Å². The highest BCUT2D eigenvalue weighted by atomic mass is 32.2. The van der Waals surface area contributed by atoms with Crippen LogP contribution in [0.15, 0.2) is 63.7 Å². The van der Waals surface area contributed by atoms with Crippen LogP contribution in [-0.4, -0.2) is 37.0 Å². The van der Waals surface area contributed by atoms with Crippen molar-refractivity contribution in [1.29, 1.82) is 0 Å². The van der Waals surface area contributed by atoms with Gasteiger partial charge in [0.25, 0.3) is 0 Å².